The minimum Gasteiger partial charge on any atom is -0.496 e. The number of carboxylic acid groups (broad SMARTS) is 1. The molecule has 10 heteroatoms. The third-order valence-electron chi connectivity index (χ3n) is 4.42. The molecule has 0 fully saturated rings. The first-order valence-electron chi connectivity index (χ1n) is 8.57. The van der Waals surface area contributed by atoms with Crippen LogP contribution in [-0.2, 0) is 17.8 Å². The van der Waals surface area contributed by atoms with Crippen molar-refractivity contribution in [3.05, 3.63) is 74.0 Å². The summed E-state index contributed by atoms with van der Waals surface area (Å²) in [5, 5.41) is 12.2. The topological polar surface area (TPSA) is 108 Å². The monoisotopic (exact) mass is 436 g/mol. The van der Waals surface area contributed by atoms with Crippen LogP contribution in [0.3, 0.4) is 0 Å². The number of carbonyl (C=O) groups is 2. The van der Waals surface area contributed by atoms with Gasteiger partial charge in [0.1, 0.15) is 11.3 Å². The molecule has 0 unspecified atom stereocenters. The molecule has 1 heterocycles. The van der Waals surface area contributed by atoms with Gasteiger partial charge in [0, 0.05) is 22.5 Å². The van der Waals surface area contributed by atoms with Gasteiger partial charge in [-0.1, -0.05) is 11.6 Å². The van der Waals surface area contributed by atoms with Crippen molar-refractivity contribution < 1.29 is 28.2 Å². The molecule has 2 aromatic carbocycles. The highest BCUT2D eigenvalue weighted by atomic mass is 35.5. The quantitative estimate of drug-likeness (QED) is 0.550. The number of aromatic nitrogens is 1. The van der Waals surface area contributed by atoms with E-state index in [-0.39, 0.29) is 22.9 Å². The average molecular weight is 437 g/mol. The minimum atomic E-state index is -1.39. The Morgan fingerprint density at radius 3 is 2.63 bits per heavy atom. The molecule has 30 heavy (non-hydrogen) atoms. The fraction of sp³-hybridized carbons (Fsp3) is 0.150. The Kier molecular flexibility index (Phi) is 6.02. The van der Waals surface area contributed by atoms with Gasteiger partial charge < -0.3 is 20.1 Å². The van der Waals surface area contributed by atoms with Crippen LogP contribution in [-0.4, -0.2) is 29.1 Å². The number of H-pyrrole nitrogens is 1. The summed E-state index contributed by atoms with van der Waals surface area (Å²) in [6.45, 7) is -0.0997. The third kappa shape index (κ3) is 4.25. The largest absolute Gasteiger partial charge is 0.496 e. The van der Waals surface area contributed by atoms with Crippen LogP contribution < -0.4 is 15.6 Å². The molecular formula is C20H15ClF2N2O5. The molecule has 156 valence electrons. The van der Waals surface area contributed by atoms with Gasteiger partial charge in [-0.15, -0.1) is 0 Å². The normalized spacial score (nSPS) is 10.8. The van der Waals surface area contributed by atoms with E-state index in [0.717, 1.165) is 6.07 Å². The summed E-state index contributed by atoms with van der Waals surface area (Å²) < 4.78 is 32.5. The van der Waals surface area contributed by atoms with E-state index in [9.17, 15) is 23.2 Å². The molecule has 0 radical (unpaired) electrons. The van der Waals surface area contributed by atoms with Gasteiger partial charge in [-0.05, 0) is 35.9 Å². The Balaban J connectivity index is 1.87. The summed E-state index contributed by atoms with van der Waals surface area (Å²) in [4.78, 5) is 37.9. The SMILES string of the molecule is COc1ccc(F)c(F)c1CC(=O)NCc1cc(Cl)cc2cc(C(=O)O)c(=O)[nH]c12. The number of ether oxygens (including phenoxy) is 1. The van der Waals surface area contributed by atoms with E-state index in [1.165, 1.54) is 31.4 Å². The Labute approximate surface area is 173 Å². The fourth-order valence-corrected chi connectivity index (χ4v) is 3.25. The van der Waals surface area contributed by atoms with E-state index in [0.29, 0.717) is 16.5 Å². The number of rotatable bonds is 6. The van der Waals surface area contributed by atoms with E-state index in [2.05, 4.69) is 10.3 Å². The lowest BCUT2D eigenvalue weighted by atomic mass is 10.1. The molecule has 3 aromatic rings. The number of carboxylic acids is 1. The zero-order valence-electron chi connectivity index (χ0n) is 15.5. The van der Waals surface area contributed by atoms with E-state index < -0.39 is 41.1 Å². The van der Waals surface area contributed by atoms with E-state index in [4.69, 9.17) is 21.4 Å². The molecule has 0 saturated carbocycles. The number of amides is 1. The lowest BCUT2D eigenvalue weighted by molar-refractivity contribution is -0.120. The second kappa shape index (κ2) is 8.50. The number of halogens is 3. The van der Waals surface area contributed by atoms with Gasteiger partial charge in [0.2, 0.25) is 5.91 Å². The van der Waals surface area contributed by atoms with Crippen molar-refractivity contribution >= 4 is 34.4 Å². The Hall–Kier alpha value is -3.46. The van der Waals surface area contributed by atoms with Crippen molar-refractivity contribution in [3.8, 4) is 5.75 Å². The second-order valence-electron chi connectivity index (χ2n) is 6.34. The number of fused-ring (bicyclic) bond motifs is 1. The van der Waals surface area contributed by atoms with Crippen LogP contribution in [0, 0.1) is 11.6 Å². The van der Waals surface area contributed by atoms with Crippen molar-refractivity contribution in [2.24, 2.45) is 0 Å². The number of nitrogens with one attached hydrogen (secondary N) is 2. The Morgan fingerprint density at radius 2 is 1.97 bits per heavy atom. The number of methoxy groups -OCH3 is 1. The van der Waals surface area contributed by atoms with Crippen molar-refractivity contribution in [1.82, 2.24) is 10.3 Å². The first-order valence-corrected chi connectivity index (χ1v) is 8.95. The molecule has 3 N–H and O–H groups in total. The molecule has 0 bridgehead atoms. The summed E-state index contributed by atoms with van der Waals surface area (Å²) in [7, 11) is 1.27. The van der Waals surface area contributed by atoms with Crippen LogP contribution in [0.15, 0.2) is 35.1 Å². The smallest absolute Gasteiger partial charge is 0.341 e. The number of carbonyl (C=O) groups excluding carboxylic acids is 1. The molecule has 0 aliphatic carbocycles. The van der Waals surface area contributed by atoms with Crippen LogP contribution in [0.2, 0.25) is 5.02 Å². The van der Waals surface area contributed by atoms with Crippen LogP contribution >= 0.6 is 11.6 Å². The third-order valence-corrected chi connectivity index (χ3v) is 4.63. The van der Waals surface area contributed by atoms with Gasteiger partial charge in [0.15, 0.2) is 11.6 Å². The summed E-state index contributed by atoms with van der Waals surface area (Å²) in [5.41, 5.74) is -0.786. The highest BCUT2D eigenvalue weighted by molar-refractivity contribution is 6.31. The van der Waals surface area contributed by atoms with E-state index >= 15 is 0 Å². The maximum absolute atomic E-state index is 14.0. The van der Waals surface area contributed by atoms with Gasteiger partial charge in [-0.25, -0.2) is 13.6 Å². The van der Waals surface area contributed by atoms with E-state index in [1.54, 1.807) is 0 Å². The Morgan fingerprint density at radius 1 is 1.23 bits per heavy atom. The standard InChI is InChI=1S/C20H15ClF2N2O5/c1-30-15-3-2-14(22)17(23)12(15)7-16(26)24-8-10-5-11(21)4-9-6-13(20(28)29)19(27)25-18(9)10/h2-6H,7-8H2,1H3,(H,24,26)(H,25,27)(H,28,29). The molecule has 0 aliphatic heterocycles. The second-order valence-corrected chi connectivity index (χ2v) is 6.78. The first kappa shape index (κ1) is 21.3. The number of hydrogen-bond donors (Lipinski definition) is 3. The number of hydrogen-bond acceptors (Lipinski definition) is 4. The van der Waals surface area contributed by atoms with E-state index in [1.807, 2.05) is 0 Å². The maximum atomic E-state index is 14.0. The highest BCUT2D eigenvalue weighted by Gasteiger charge is 2.18. The molecule has 0 atom stereocenters. The van der Waals surface area contributed by atoms with Crippen molar-refractivity contribution in [2.45, 2.75) is 13.0 Å². The predicted octanol–water partition coefficient (Wildman–Crippen LogP) is 3.03. The highest BCUT2D eigenvalue weighted by Crippen LogP contribution is 2.25. The van der Waals surface area contributed by atoms with Crippen LogP contribution in [0.4, 0.5) is 8.78 Å². The summed E-state index contributed by atoms with van der Waals surface area (Å²) >= 11 is 6.06. The molecule has 0 aliphatic rings. The summed E-state index contributed by atoms with van der Waals surface area (Å²) in [6, 6.07) is 6.26. The average Bonchev–Trinajstić information content (AvgIpc) is 2.69. The Bertz CT molecular complexity index is 1230. The van der Waals surface area contributed by atoms with Crippen molar-refractivity contribution in [3.63, 3.8) is 0 Å². The zero-order valence-corrected chi connectivity index (χ0v) is 16.3. The molecule has 3 rings (SSSR count). The van der Waals surface area contributed by atoms with Crippen molar-refractivity contribution in [1.29, 1.82) is 0 Å². The van der Waals surface area contributed by atoms with Crippen molar-refractivity contribution in [2.75, 3.05) is 7.11 Å². The predicted molar refractivity (Wildman–Crippen MR) is 105 cm³/mol. The van der Waals surface area contributed by atoms with Crippen LogP contribution in [0.25, 0.3) is 10.9 Å². The number of pyridine rings is 1. The summed E-state index contributed by atoms with van der Waals surface area (Å²) in [6.07, 6.45) is -0.481. The molecule has 0 saturated heterocycles. The van der Waals surface area contributed by atoms with Gasteiger partial charge >= 0.3 is 5.97 Å². The lowest BCUT2D eigenvalue weighted by Crippen LogP contribution is -2.26. The fourth-order valence-electron chi connectivity index (χ4n) is 3.00. The van der Waals surface area contributed by atoms with Gasteiger partial charge in [-0.3, -0.25) is 9.59 Å². The first-order chi connectivity index (χ1) is 14.2. The number of aromatic amines is 1. The molecule has 0 spiro atoms. The summed E-state index contributed by atoms with van der Waals surface area (Å²) in [5.74, 6) is -4.27. The molecule has 7 nitrogen and oxygen atoms in total. The van der Waals surface area contributed by atoms with Gasteiger partial charge in [-0.2, -0.15) is 0 Å². The molecular weight excluding hydrogens is 422 g/mol. The van der Waals surface area contributed by atoms with Crippen LogP contribution in [0.5, 0.6) is 5.75 Å². The maximum Gasteiger partial charge on any atom is 0.341 e. The minimum absolute atomic E-state index is 0.0304. The molecule has 1 amide bonds. The van der Waals surface area contributed by atoms with Crippen LogP contribution in [0.1, 0.15) is 21.5 Å². The molecule has 1 aromatic heterocycles. The zero-order chi connectivity index (χ0) is 22.0. The number of benzene rings is 2. The van der Waals surface area contributed by atoms with Gasteiger partial charge in [0.25, 0.3) is 5.56 Å². The lowest BCUT2D eigenvalue weighted by Gasteiger charge is -2.12. The van der Waals surface area contributed by atoms with Gasteiger partial charge in [0.05, 0.1) is 19.0 Å². The number of aromatic carboxylic acids is 1.